The average molecular weight is 268 g/mol. The second kappa shape index (κ2) is 4.22. The number of ether oxygens (including phenoxy) is 4. The maximum atomic E-state index is 12.2. The molecule has 0 aromatic heterocycles. The Balaban J connectivity index is 2.83. The van der Waals surface area contributed by atoms with Gasteiger partial charge < -0.3 is 24.1 Å². The first-order valence-electron chi connectivity index (χ1n) is 5.67. The molecule has 1 heterocycles. The van der Waals surface area contributed by atoms with Crippen molar-refractivity contribution in [3.8, 4) is 28.7 Å². The van der Waals surface area contributed by atoms with Gasteiger partial charge in [0.2, 0.25) is 23.0 Å². The minimum Gasteiger partial charge on any atom is -0.504 e. The van der Waals surface area contributed by atoms with Crippen LogP contribution in [-0.4, -0.2) is 37.8 Å². The Morgan fingerprint density at radius 1 is 1.00 bits per heavy atom. The van der Waals surface area contributed by atoms with Gasteiger partial charge in [0.05, 0.1) is 21.3 Å². The summed E-state index contributed by atoms with van der Waals surface area (Å²) in [6.07, 6.45) is 0. The minimum absolute atomic E-state index is 0.0488. The van der Waals surface area contributed by atoms with Gasteiger partial charge in [-0.05, 0) is 13.8 Å². The molecule has 1 aliphatic rings. The second-order valence-corrected chi connectivity index (χ2v) is 4.59. The number of carbonyl (C=O) groups is 1. The van der Waals surface area contributed by atoms with E-state index < -0.39 is 5.60 Å². The molecule has 0 amide bonds. The lowest BCUT2D eigenvalue weighted by Crippen LogP contribution is -2.32. The van der Waals surface area contributed by atoms with Crippen molar-refractivity contribution in [2.24, 2.45) is 0 Å². The predicted octanol–water partition coefficient (Wildman–Crippen LogP) is 1.77. The first-order chi connectivity index (χ1) is 8.88. The lowest BCUT2D eigenvalue weighted by molar-refractivity contribution is 0.0677. The molecule has 104 valence electrons. The molecule has 0 radical (unpaired) electrons. The molecule has 1 aromatic rings. The molecule has 0 unspecified atom stereocenters. The highest BCUT2D eigenvalue weighted by atomic mass is 16.6. The number of rotatable bonds is 3. The van der Waals surface area contributed by atoms with Crippen molar-refractivity contribution >= 4 is 5.78 Å². The van der Waals surface area contributed by atoms with Gasteiger partial charge in [-0.1, -0.05) is 0 Å². The molecule has 1 N–H and O–H groups in total. The summed E-state index contributed by atoms with van der Waals surface area (Å²) in [5, 5.41) is 10.2. The van der Waals surface area contributed by atoms with Crippen LogP contribution < -0.4 is 18.9 Å². The number of benzene rings is 1. The highest BCUT2D eigenvalue weighted by molar-refractivity contribution is 6.11. The lowest BCUT2D eigenvalue weighted by atomic mass is 9.98. The minimum atomic E-state index is -1.07. The molecule has 0 saturated carbocycles. The standard InChI is InChI=1S/C13H16O6/c1-13(2)12(15)6-7(14)9(16-3)11(18-5)10(17-4)8(6)19-13/h14H,1-5H3. The highest BCUT2D eigenvalue weighted by Crippen LogP contribution is 2.56. The van der Waals surface area contributed by atoms with E-state index in [4.69, 9.17) is 18.9 Å². The molecule has 0 bridgehead atoms. The van der Waals surface area contributed by atoms with E-state index >= 15 is 0 Å². The molecule has 0 atom stereocenters. The summed E-state index contributed by atoms with van der Waals surface area (Å²) in [6, 6.07) is 0. The Kier molecular flexibility index (Phi) is 2.96. The summed E-state index contributed by atoms with van der Waals surface area (Å²) < 4.78 is 21.1. The van der Waals surface area contributed by atoms with Crippen LogP contribution in [0.2, 0.25) is 0 Å². The van der Waals surface area contributed by atoms with Gasteiger partial charge in [-0.2, -0.15) is 0 Å². The van der Waals surface area contributed by atoms with Crippen molar-refractivity contribution in [2.75, 3.05) is 21.3 Å². The smallest absolute Gasteiger partial charge is 0.213 e. The average Bonchev–Trinajstić information content (AvgIpc) is 2.60. The van der Waals surface area contributed by atoms with Crippen LogP contribution in [0.4, 0.5) is 0 Å². The van der Waals surface area contributed by atoms with Crippen molar-refractivity contribution in [1.29, 1.82) is 0 Å². The van der Waals surface area contributed by atoms with E-state index in [2.05, 4.69) is 0 Å². The van der Waals surface area contributed by atoms with Crippen molar-refractivity contribution in [3.05, 3.63) is 5.56 Å². The van der Waals surface area contributed by atoms with Gasteiger partial charge in [-0.15, -0.1) is 0 Å². The zero-order valence-corrected chi connectivity index (χ0v) is 11.5. The van der Waals surface area contributed by atoms with Crippen molar-refractivity contribution < 1.29 is 28.8 Å². The van der Waals surface area contributed by atoms with Gasteiger partial charge in [-0.25, -0.2) is 0 Å². The van der Waals surface area contributed by atoms with Crippen molar-refractivity contribution in [2.45, 2.75) is 19.4 Å². The van der Waals surface area contributed by atoms with E-state index in [1.54, 1.807) is 13.8 Å². The summed E-state index contributed by atoms with van der Waals surface area (Å²) in [4.78, 5) is 12.2. The molecule has 0 spiro atoms. The van der Waals surface area contributed by atoms with Gasteiger partial charge in [0.15, 0.2) is 17.1 Å². The first-order valence-corrected chi connectivity index (χ1v) is 5.67. The van der Waals surface area contributed by atoms with Crippen LogP contribution in [0.1, 0.15) is 24.2 Å². The fourth-order valence-corrected chi connectivity index (χ4v) is 2.12. The Morgan fingerprint density at radius 2 is 1.53 bits per heavy atom. The molecular weight excluding hydrogens is 252 g/mol. The molecule has 0 aliphatic carbocycles. The quantitative estimate of drug-likeness (QED) is 0.900. The summed E-state index contributed by atoms with van der Waals surface area (Å²) in [5.74, 6) is 0.00297. The third-order valence-electron chi connectivity index (χ3n) is 3.04. The predicted molar refractivity (Wildman–Crippen MR) is 66.8 cm³/mol. The molecule has 19 heavy (non-hydrogen) atoms. The highest BCUT2D eigenvalue weighted by Gasteiger charge is 2.46. The molecular formula is C13H16O6. The van der Waals surface area contributed by atoms with Gasteiger partial charge >= 0.3 is 0 Å². The largest absolute Gasteiger partial charge is 0.504 e. The normalized spacial score (nSPS) is 15.7. The third kappa shape index (κ3) is 1.67. The topological polar surface area (TPSA) is 74.2 Å². The SMILES string of the molecule is COc1c(O)c2c(c(OC)c1OC)OC(C)(C)C2=O. The van der Waals surface area contributed by atoms with E-state index in [1.165, 1.54) is 21.3 Å². The van der Waals surface area contributed by atoms with Crippen LogP contribution in [0, 0.1) is 0 Å². The van der Waals surface area contributed by atoms with Gasteiger partial charge in [0.1, 0.15) is 5.56 Å². The van der Waals surface area contributed by atoms with E-state index in [1.807, 2.05) is 0 Å². The Hall–Kier alpha value is -2.11. The zero-order chi connectivity index (χ0) is 14.4. The van der Waals surface area contributed by atoms with Crippen molar-refractivity contribution in [1.82, 2.24) is 0 Å². The number of phenols is 1. The number of Topliss-reactive ketones (excluding diaryl/α,β-unsaturated/α-hetero) is 1. The molecule has 1 aliphatic heterocycles. The molecule has 6 nitrogen and oxygen atoms in total. The maximum Gasteiger partial charge on any atom is 0.213 e. The summed E-state index contributed by atoms with van der Waals surface area (Å²) in [5.41, 5.74) is -1.01. The molecule has 0 saturated heterocycles. The number of hydrogen-bond acceptors (Lipinski definition) is 6. The van der Waals surface area contributed by atoms with E-state index in [0.717, 1.165) is 0 Å². The first kappa shape index (κ1) is 13.3. The number of hydrogen-bond donors (Lipinski definition) is 1. The van der Waals surface area contributed by atoms with Crippen LogP contribution in [-0.2, 0) is 0 Å². The maximum absolute atomic E-state index is 12.2. The number of carbonyl (C=O) groups excluding carboxylic acids is 1. The van der Waals surface area contributed by atoms with E-state index in [0.29, 0.717) is 0 Å². The van der Waals surface area contributed by atoms with Crippen molar-refractivity contribution in [3.63, 3.8) is 0 Å². The van der Waals surface area contributed by atoms with Gasteiger partial charge in [0.25, 0.3) is 0 Å². The fraction of sp³-hybridized carbons (Fsp3) is 0.462. The lowest BCUT2D eigenvalue weighted by Gasteiger charge is -2.17. The van der Waals surface area contributed by atoms with E-state index in [-0.39, 0.29) is 40.1 Å². The number of ketones is 1. The van der Waals surface area contributed by atoms with Crippen LogP contribution >= 0.6 is 0 Å². The number of fused-ring (bicyclic) bond motifs is 1. The number of phenolic OH excluding ortho intramolecular Hbond substituents is 1. The Bertz CT molecular complexity index is 547. The van der Waals surface area contributed by atoms with E-state index in [9.17, 15) is 9.90 Å². The Morgan fingerprint density at radius 3 is 2.00 bits per heavy atom. The van der Waals surface area contributed by atoms with Gasteiger partial charge in [-0.3, -0.25) is 4.79 Å². The molecule has 2 rings (SSSR count). The monoisotopic (exact) mass is 268 g/mol. The summed E-state index contributed by atoms with van der Waals surface area (Å²) in [7, 11) is 4.21. The second-order valence-electron chi connectivity index (χ2n) is 4.59. The fourth-order valence-electron chi connectivity index (χ4n) is 2.12. The van der Waals surface area contributed by atoms with Crippen LogP contribution in [0.25, 0.3) is 0 Å². The molecule has 1 aromatic carbocycles. The summed E-state index contributed by atoms with van der Waals surface area (Å²) >= 11 is 0. The van der Waals surface area contributed by atoms with Crippen LogP contribution in [0.5, 0.6) is 28.7 Å². The number of methoxy groups -OCH3 is 3. The zero-order valence-electron chi connectivity index (χ0n) is 11.5. The van der Waals surface area contributed by atoms with Crippen LogP contribution in [0.15, 0.2) is 0 Å². The van der Waals surface area contributed by atoms with Crippen LogP contribution in [0.3, 0.4) is 0 Å². The molecule has 0 fully saturated rings. The Labute approximate surface area is 110 Å². The summed E-state index contributed by atoms with van der Waals surface area (Å²) in [6.45, 7) is 3.24. The molecule has 6 heteroatoms. The van der Waals surface area contributed by atoms with Gasteiger partial charge in [0, 0.05) is 0 Å². The third-order valence-corrected chi connectivity index (χ3v) is 3.04. The number of aromatic hydroxyl groups is 1.